The molecule has 0 aromatic heterocycles. The third-order valence-corrected chi connectivity index (χ3v) is 3.79. The van der Waals surface area contributed by atoms with Crippen molar-refractivity contribution in [3.05, 3.63) is 0 Å². The Morgan fingerprint density at radius 2 is 1.50 bits per heavy atom. The van der Waals surface area contributed by atoms with E-state index in [2.05, 4.69) is 46.4 Å². The maximum Gasteiger partial charge on any atom is 0.108 e. The first-order valence-corrected chi connectivity index (χ1v) is 7.05. The van der Waals surface area contributed by atoms with Crippen LogP contribution in [0.1, 0.15) is 41.5 Å². The zero-order chi connectivity index (χ0) is 13.6. The molecule has 3 nitrogen and oxygen atoms in total. The van der Waals surface area contributed by atoms with Crippen LogP contribution in [0, 0.1) is 16.7 Å². The number of nitrogens with zero attached hydrogens (tertiary/aromatic N) is 3. The van der Waals surface area contributed by atoms with Gasteiger partial charge in [-0.1, -0.05) is 41.5 Å². The number of hydrogen-bond donors (Lipinski definition) is 0. The fourth-order valence-electron chi connectivity index (χ4n) is 2.97. The summed E-state index contributed by atoms with van der Waals surface area (Å²) in [6, 6.07) is 0. The highest BCUT2D eigenvalue weighted by atomic mass is 15.3. The Kier molecular flexibility index (Phi) is 3.28. The van der Waals surface area contributed by atoms with E-state index in [-0.39, 0.29) is 10.8 Å². The van der Waals surface area contributed by atoms with E-state index in [0.717, 1.165) is 26.2 Å². The van der Waals surface area contributed by atoms with Crippen molar-refractivity contribution in [1.29, 1.82) is 0 Å². The number of hydrogen-bond acceptors (Lipinski definition) is 3. The second kappa shape index (κ2) is 4.36. The summed E-state index contributed by atoms with van der Waals surface area (Å²) in [6.45, 7) is 17.7. The largest absolute Gasteiger partial charge is 0.356 e. The lowest BCUT2D eigenvalue weighted by atomic mass is 9.69. The smallest absolute Gasteiger partial charge is 0.108 e. The van der Waals surface area contributed by atoms with Crippen LogP contribution in [0.25, 0.3) is 0 Å². The van der Waals surface area contributed by atoms with Crippen LogP contribution in [0.4, 0.5) is 0 Å². The van der Waals surface area contributed by atoms with E-state index in [0.29, 0.717) is 5.92 Å². The van der Waals surface area contributed by atoms with Crippen LogP contribution in [0.15, 0.2) is 9.98 Å². The average Bonchev–Trinajstić information content (AvgIpc) is 2.53. The van der Waals surface area contributed by atoms with E-state index in [9.17, 15) is 0 Å². The maximum absolute atomic E-state index is 4.92. The highest BCUT2D eigenvalue weighted by Gasteiger charge is 2.42. The van der Waals surface area contributed by atoms with Crippen LogP contribution in [0.5, 0.6) is 0 Å². The number of rotatable bonds is 0. The standard InChI is InChI=1S/C15H27N3/c1-14(2,3)11-12(15(4,5)6)16-7-9-18-10-8-17-13(11)18/h11H,7-10H2,1-6H3. The third kappa shape index (κ3) is 2.45. The predicted molar refractivity (Wildman–Crippen MR) is 78.6 cm³/mol. The Balaban J connectivity index is 2.47. The van der Waals surface area contributed by atoms with Crippen LogP contribution < -0.4 is 0 Å². The second-order valence-corrected chi connectivity index (χ2v) is 7.54. The van der Waals surface area contributed by atoms with Crippen LogP contribution in [-0.2, 0) is 0 Å². The Morgan fingerprint density at radius 3 is 2.00 bits per heavy atom. The molecule has 102 valence electrons. The molecular formula is C15H27N3. The summed E-state index contributed by atoms with van der Waals surface area (Å²) in [7, 11) is 0. The molecule has 0 aromatic carbocycles. The Morgan fingerprint density at radius 1 is 0.944 bits per heavy atom. The fraction of sp³-hybridized carbons (Fsp3) is 0.867. The van der Waals surface area contributed by atoms with Crippen molar-refractivity contribution in [2.24, 2.45) is 26.7 Å². The molecule has 0 radical (unpaired) electrons. The van der Waals surface area contributed by atoms with Crippen molar-refractivity contribution in [3.8, 4) is 0 Å². The molecule has 1 unspecified atom stereocenters. The molecule has 0 aliphatic carbocycles. The van der Waals surface area contributed by atoms with Gasteiger partial charge in [0.25, 0.3) is 0 Å². The predicted octanol–water partition coefficient (Wildman–Crippen LogP) is 2.86. The highest BCUT2D eigenvalue weighted by Crippen LogP contribution is 2.37. The fourth-order valence-corrected chi connectivity index (χ4v) is 2.97. The molecule has 0 amide bonds. The molecule has 0 fully saturated rings. The van der Waals surface area contributed by atoms with Gasteiger partial charge in [0.05, 0.1) is 19.0 Å². The van der Waals surface area contributed by atoms with Crippen LogP contribution in [-0.4, -0.2) is 42.6 Å². The van der Waals surface area contributed by atoms with Crippen molar-refractivity contribution in [3.63, 3.8) is 0 Å². The molecule has 18 heavy (non-hydrogen) atoms. The quantitative estimate of drug-likeness (QED) is 0.649. The first kappa shape index (κ1) is 13.6. The Bertz CT molecular complexity index is 380. The molecule has 0 saturated carbocycles. The van der Waals surface area contributed by atoms with Crippen molar-refractivity contribution in [2.45, 2.75) is 41.5 Å². The molecule has 0 aromatic rings. The number of fused-ring (bicyclic) bond motifs is 1. The lowest BCUT2D eigenvalue weighted by Crippen LogP contribution is -2.45. The molecule has 0 N–H and O–H groups in total. The van der Waals surface area contributed by atoms with E-state index >= 15 is 0 Å². The van der Waals surface area contributed by atoms with Crippen LogP contribution in [0.2, 0.25) is 0 Å². The van der Waals surface area contributed by atoms with Gasteiger partial charge in [-0.15, -0.1) is 0 Å². The van der Waals surface area contributed by atoms with Crippen molar-refractivity contribution >= 4 is 11.5 Å². The summed E-state index contributed by atoms with van der Waals surface area (Å²) in [5, 5.41) is 0. The minimum absolute atomic E-state index is 0.124. The van der Waals surface area contributed by atoms with Gasteiger partial charge in [0.15, 0.2) is 0 Å². The molecule has 2 aliphatic rings. The van der Waals surface area contributed by atoms with Gasteiger partial charge in [-0.25, -0.2) is 0 Å². The minimum atomic E-state index is 0.124. The molecule has 2 rings (SSSR count). The Hall–Kier alpha value is -0.860. The summed E-state index contributed by atoms with van der Waals surface area (Å²) in [5.41, 5.74) is 1.63. The lowest BCUT2D eigenvalue weighted by Gasteiger charge is -2.38. The van der Waals surface area contributed by atoms with Gasteiger partial charge in [-0.2, -0.15) is 0 Å². The highest BCUT2D eigenvalue weighted by molar-refractivity contribution is 6.10. The van der Waals surface area contributed by atoms with E-state index in [4.69, 9.17) is 9.98 Å². The van der Waals surface area contributed by atoms with Gasteiger partial charge in [0.2, 0.25) is 0 Å². The van der Waals surface area contributed by atoms with E-state index < -0.39 is 0 Å². The molecule has 0 spiro atoms. The topological polar surface area (TPSA) is 28.0 Å². The van der Waals surface area contributed by atoms with Crippen molar-refractivity contribution < 1.29 is 0 Å². The second-order valence-electron chi connectivity index (χ2n) is 7.54. The van der Waals surface area contributed by atoms with Gasteiger partial charge in [0.1, 0.15) is 5.84 Å². The van der Waals surface area contributed by atoms with Gasteiger partial charge >= 0.3 is 0 Å². The monoisotopic (exact) mass is 249 g/mol. The van der Waals surface area contributed by atoms with Crippen LogP contribution in [0.3, 0.4) is 0 Å². The van der Waals surface area contributed by atoms with Gasteiger partial charge in [-0.3, -0.25) is 9.98 Å². The van der Waals surface area contributed by atoms with E-state index in [1.54, 1.807) is 0 Å². The normalized spacial score (nSPS) is 25.4. The zero-order valence-electron chi connectivity index (χ0n) is 12.7. The first-order chi connectivity index (χ1) is 8.21. The summed E-state index contributed by atoms with van der Waals surface area (Å²) in [4.78, 5) is 12.2. The molecule has 0 bridgehead atoms. The summed E-state index contributed by atoms with van der Waals surface area (Å²) >= 11 is 0. The van der Waals surface area contributed by atoms with E-state index in [1.165, 1.54) is 11.5 Å². The molecule has 3 heteroatoms. The number of aliphatic imine (C=N–C) groups is 2. The van der Waals surface area contributed by atoms with Crippen LogP contribution >= 0.6 is 0 Å². The Labute approximate surface area is 111 Å². The maximum atomic E-state index is 4.92. The molecule has 1 atom stereocenters. The number of amidine groups is 1. The third-order valence-electron chi connectivity index (χ3n) is 3.79. The van der Waals surface area contributed by atoms with Gasteiger partial charge in [0, 0.05) is 24.2 Å². The van der Waals surface area contributed by atoms with Crippen molar-refractivity contribution in [2.75, 3.05) is 26.2 Å². The van der Waals surface area contributed by atoms with E-state index in [1.807, 2.05) is 0 Å². The summed E-state index contributed by atoms with van der Waals surface area (Å²) < 4.78 is 0. The summed E-state index contributed by atoms with van der Waals surface area (Å²) in [5.74, 6) is 1.65. The van der Waals surface area contributed by atoms with Crippen molar-refractivity contribution in [1.82, 2.24) is 4.90 Å². The molecular weight excluding hydrogens is 222 g/mol. The van der Waals surface area contributed by atoms with Gasteiger partial charge < -0.3 is 4.90 Å². The minimum Gasteiger partial charge on any atom is -0.356 e. The zero-order valence-corrected chi connectivity index (χ0v) is 12.7. The summed E-state index contributed by atoms with van der Waals surface area (Å²) in [6.07, 6.45) is 0. The first-order valence-electron chi connectivity index (χ1n) is 7.05. The van der Waals surface area contributed by atoms with Gasteiger partial charge in [-0.05, 0) is 5.41 Å². The SMILES string of the molecule is CC(C)(C)C1=NCCN2CCN=C2C1C(C)(C)C. The lowest BCUT2D eigenvalue weighted by molar-refractivity contribution is 0.338. The molecule has 0 saturated heterocycles. The molecule has 2 heterocycles. The molecule has 2 aliphatic heterocycles. The average molecular weight is 249 g/mol.